The molecule has 94 valence electrons. The Hall–Kier alpha value is -0.730. The monoisotopic (exact) mass is 253 g/mol. The standard InChI is InChI=1S/C14H20ClNO/c1-10-13(15)8-11(9-14(10)17-2)7-12-5-3-4-6-16-12/h8-9,12,16H,3-7H2,1-2H3. The van der Waals surface area contributed by atoms with Gasteiger partial charge in [0, 0.05) is 16.6 Å². The molecule has 1 aromatic carbocycles. The van der Waals surface area contributed by atoms with E-state index in [0.29, 0.717) is 6.04 Å². The third kappa shape index (κ3) is 3.14. The van der Waals surface area contributed by atoms with Crippen LogP contribution in [-0.4, -0.2) is 19.7 Å². The van der Waals surface area contributed by atoms with Crippen LogP contribution in [-0.2, 0) is 6.42 Å². The van der Waals surface area contributed by atoms with Crippen molar-refractivity contribution < 1.29 is 4.74 Å². The third-order valence-corrected chi connectivity index (χ3v) is 3.86. The number of piperidine rings is 1. The summed E-state index contributed by atoms with van der Waals surface area (Å²) in [6, 6.07) is 4.76. The third-order valence-electron chi connectivity index (χ3n) is 3.47. The minimum atomic E-state index is 0.590. The molecule has 17 heavy (non-hydrogen) atoms. The lowest BCUT2D eigenvalue weighted by molar-refractivity contribution is 0.395. The van der Waals surface area contributed by atoms with E-state index in [4.69, 9.17) is 16.3 Å². The molecule has 1 heterocycles. The predicted molar refractivity (Wildman–Crippen MR) is 72.1 cm³/mol. The van der Waals surface area contributed by atoms with Crippen LogP contribution in [0, 0.1) is 6.92 Å². The molecule has 1 aromatic rings. The zero-order valence-corrected chi connectivity index (χ0v) is 11.3. The summed E-state index contributed by atoms with van der Waals surface area (Å²) in [5.74, 6) is 0.892. The van der Waals surface area contributed by atoms with Gasteiger partial charge in [-0.15, -0.1) is 0 Å². The van der Waals surface area contributed by atoms with Gasteiger partial charge in [-0.2, -0.15) is 0 Å². The Bertz CT molecular complexity index is 386. The lowest BCUT2D eigenvalue weighted by Crippen LogP contribution is -2.35. The van der Waals surface area contributed by atoms with Crippen molar-refractivity contribution in [1.29, 1.82) is 0 Å². The highest BCUT2D eigenvalue weighted by molar-refractivity contribution is 6.31. The summed E-state index contributed by atoms with van der Waals surface area (Å²) in [4.78, 5) is 0. The molecule has 1 N–H and O–H groups in total. The van der Waals surface area contributed by atoms with Gasteiger partial charge in [0.1, 0.15) is 5.75 Å². The average molecular weight is 254 g/mol. The molecule has 0 saturated carbocycles. The maximum Gasteiger partial charge on any atom is 0.123 e. The molecule has 3 heteroatoms. The van der Waals surface area contributed by atoms with Crippen LogP contribution in [0.1, 0.15) is 30.4 Å². The fourth-order valence-electron chi connectivity index (χ4n) is 2.42. The first-order valence-corrected chi connectivity index (χ1v) is 6.65. The van der Waals surface area contributed by atoms with Crippen molar-refractivity contribution in [3.63, 3.8) is 0 Å². The maximum absolute atomic E-state index is 6.22. The number of rotatable bonds is 3. The number of nitrogens with one attached hydrogen (secondary N) is 1. The molecule has 1 atom stereocenters. The first kappa shape index (κ1) is 12.7. The molecule has 1 fully saturated rings. The quantitative estimate of drug-likeness (QED) is 0.892. The Labute approximate surface area is 108 Å². The molecular formula is C14H20ClNO. The molecule has 1 unspecified atom stereocenters. The SMILES string of the molecule is COc1cc(CC2CCCCN2)cc(Cl)c1C. The van der Waals surface area contributed by atoms with E-state index in [1.165, 1.54) is 24.8 Å². The second-order valence-corrected chi connectivity index (χ2v) is 5.16. The van der Waals surface area contributed by atoms with Crippen LogP contribution in [0.15, 0.2) is 12.1 Å². The molecule has 0 aliphatic carbocycles. The smallest absolute Gasteiger partial charge is 0.123 e. The van der Waals surface area contributed by atoms with Crippen molar-refractivity contribution in [1.82, 2.24) is 5.32 Å². The molecule has 0 radical (unpaired) electrons. The molecule has 1 saturated heterocycles. The Morgan fingerprint density at radius 2 is 2.24 bits per heavy atom. The highest BCUT2D eigenvalue weighted by Gasteiger charge is 2.14. The molecule has 0 bridgehead atoms. The minimum Gasteiger partial charge on any atom is -0.496 e. The predicted octanol–water partition coefficient (Wildman–Crippen LogP) is 3.34. The number of methoxy groups -OCH3 is 1. The summed E-state index contributed by atoms with van der Waals surface area (Å²) in [5, 5.41) is 4.36. The van der Waals surface area contributed by atoms with Crippen molar-refractivity contribution in [3.8, 4) is 5.75 Å². The molecule has 1 aliphatic rings. The second-order valence-electron chi connectivity index (χ2n) is 4.76. The van der Waals surface area contributed by atoms with E-state index in [2.05, 4.69) is 17.4 Å². The van der Waals surface area contributed by atoms with E-state index in [1.54, 1.807) is 7.11 Å². The fraction of sp³-hybridized carbons (Fsp3) is 0.571. The number of ether oxygens (including phenoxy) is 1. The number of hydrogen-bond donors (Lipinski definition) is 1. The Morgan fingerprint density at radius 3 is 2.88 bits per heavy atom. The van der Waals surface area contributed by atoms with Crippen molar-refractivity contribution in [3.05, 3.63) is 28.3 Å². The lowest BCUT2D eigenvalue weighted by atomic mass is 9.97. The van der Waals surface area contributed by atoms with Gasteiger partial charge in [0.25, 0.3) is 0 Å². The van der Waals surface area contributed by atoms with Crippen LogP contribution < -0.4 is 10.1 Å². The second kappa shape index (κ2) is 5.74. The minimum absolute atomic E-state index is 0.590. The van der Waals surface area contributed by atoms with Gasteiger partial charge in [-0.1, -0.05) is 18.0 Å². The van der Waals surface area contributed by atoms with Gasteiger partial charge in [0.05, 0.1) is 7.11 Å². The summed E-state index contributed by atoms with van der Waals surface area (Å²) >= 11 is 6.22. The van der Waals surface area contributed by atoms with Gasteiger partial charge >= 0.3 is 0 Å². The molecule has 0 spiro atoms. The van der Waals surface area contributed by atoms with Crippen LogP contribution in [0.5, 0.6) is 5.75 Å². The van der Waals surface area contributed by atoms with Crippen LogP contribution in [0.4, 0.5) is 0 Å². The summed E-state index contributed by atoms with van der Waals surface area (Å²) in [6.45, 7) is 3.13. The van der Waals surface area contributed by atoms with Gasteiger partial charge < -0.3 is 10.1 Å². The Balaban J connectivity index is 2.12. The largest absolute Gasteiger partial charge is 0.496 e. The highest BCUT2D eigenvalue weighted by atomic mass is 35.5. The van der Waals surface area contributed by atoms with Gasteiger partial charge in [-0.25, -0.2) is 0 Å². The summed E-state index contributed by atoms with van der Waals surface area (Å²) < 4.78 is 5.35. The maximum atomic E-state index is 6.22. The number of hydrogen-bond acceptors (Lipinski definition) is 2. The zero-order chi connectivity index (χ0) is 12.3. The van der Waals surface area contributed by atoms with Gasteiger partial charge in [-0.3, -0.25) is 0 Å². The summed E-state index contributed by atoms with van der Waals surface area (Å²) in [7, 11) is 1.70. The summed E-state index contributed by atoms with van der Waals surface area (Å²) in [5.41, 5.74) is 2.28. The van der Waals surface area contributed by atoms with Gasteiger partial charge in [0.2, 0.25) is 0 Å². The number of benzene rings is 1. The normalized spacial score (nSPS) is 20.3. The first-order valence-electron chi connectivity index (χ1n) is 6.27. The number of halogens is 1. The average Bonchev–Trinajstić information content (AvgIpc) is 2.35. The lowest BCUT2D eigenvalue weighted by Gasteiger charge is -2.24. The Morgan fingerprint density at radius 1 is 1.41 bits per heavy atom. The fourth-order valence-corrected chi connectivity index (χ4v) is 2.65. The molecule has 0 aromatic heterocycles. The van der Waals surface area contributed by atoms with E-state index in [0.717, 1.165) is 29.3 Å². The highest BCUT2D eigenvalue weighted by Crippen LogP contribution is 2.28. The molecule has 2 nitrogen and oxygen atoms in total. The van der Waals surface area contributed by atoms with Crippen molar-refractivity contribution in [2.45, 2.75) is 38.6 Å². The van der Waals surface area contributed by atoms with Crippen LogP contribution in [0.2, 0.25) is 5.02 Å². The summed E-state index contributed by atoms with van der Waals surface area (Å²) in [6.07, 6.45) is 4.92. The van der Waals surface area contributed by atoms with Gasteiger partial charge in [0.15, 0.2) is 0 Å². The molecular weight excluding hydrogens is 234 g/mol. The molecule has 1 aliphatic heterocycles. The van der Waals surface area contributed by atoms with Crippen LogP contribution >= 0.6 is 11.6 Å². The van der Waals surface area contributed by atoms with Crippen molar-refractivity contribution in [2.75, 3.05) is 13.7 Å². The topological polar surface area (TPSA) is 21.3 Å². The van der Waals surface area contributed by atoms with Gasteiger partial charge in [-0.05, 0) is 50.4 Å². The van der Waals surface area contributed by atoms with Crippen molar-refractivity contribution >= 4 is 11.6 Å². The van der Waals surface area contributed by atoms with E-state index in [1.807, 2.05) is 6.92 Å². The van der Waals surface area contributed by atoms with E-state index in [-0.39, 0.29) is 0 Å². The van der Waals surface area contributed by atoms with E-state index >= 15 is 0 Å². The first-order chi connectivity index (χ1) is 8.20. The van der Waals surface area contributed by atoms with Crippen LogP contribution in [0.25, 0.3) is 0 Å². The molecule has 2 rings (SSSR count). The van der Waals surface area contributed by atoms with Crippen LogP contribution in [0.3, 0.4) is 0 Å². The molecule has 0 amide bonds. The Kier molecular flexibility index (Phi) is 4.30. The van der Waals surface area contributed by atoms with Crippen molar-refractivity contribution in [2.24, 2.45) is 0 Å². The van der Waals surface area contributed by atoms with E-state index < -0.39 is 0 Å². The van der Waals surface area contributed by atoms with E-state index in [9.17, 15) is 0 Å². The zero-order valence-electron chi connectivity index (χ0n) is 10.6.